The second-order valence-electron chi connectivity index (χ2n) is 8.18. The molecule has 0 amide bonds. The van der Waals surface area contributed by atoms with Crippen molar-refractivity contribution in [1.29, 1.82) is 0 Å². The first-order valence-electron chi connectivity index (χ1n) is 10.6. The fourth-order valence-electron chi connectivity index (χ4n) is 4.37. The maximum atomic E-state index is 12.6. The molecule has 1 atom stereocenters. The summed E-state index contributed by atoms with van der Waals surface area (Å²) in [4.78, 5) is 12.6. The van der Waals surface area contributed by atoms with Crippen LogP contribution in [0.1, 0.15) is 47.2 Å². The van der Waals surface area contributed by atoms with Gasteiger partial charge in [0.2, 0.25) is 0 Å². The van der Waals surface area contributed by atoms with Gasteiger partial charge in [-0.3, -0.25) is 4.79 Å². The van der Waals surface area contributed by atoms with Crippen molar-refractivity contribution in [1.82, 2.24) is 0 Å². The Hall–Kier alpha value is -2.71. The fraction of sp³-hybridized carbons (Fsp3) is 0.296. The van der Waals surface area contributed by atoms with E-state index in [-0.39, 0.29) is 5.78 Å². The minimum Gasteiger partial charge on any atom is -0.393 e. The SMILES string of the molecule is O=C(CCC(O)CCC1Cc2ccccc2C1)c1cccc(-c2ccccc2)c1. The summed E-state index contributed by atoms with van der Waals surface area (Å²) >= 11 is 0. The van der Waals surface area contributed by atoms with Gasteiger partial charge in [0.05, 0.1) is 6.10 Å². The first kappa shape index (κ1) is 19.6. The van der Waals surface area contributed by atoms with Gasteiger partial charge >= 0.3 is 0 Å². The second-order valence-corrected chi connectivity index (χ2v) is 8.18. The fourth-order valence-corrected chi connectivity index (χ4v) is 4.37. The van der Waals surface area contributed by atoms with E-state index in [1.165, 1.54) is 11.1 Å². The average molecular weight is 385 g/mol. The zero-order valence-corrected chi connectivity index (χ0v) is 16.8. The van der Waals surface area contributed by atoms with Crippen LogP contribution in [0.2, 0.25) is 0 Å². The Morgan fingerprint density at radius 2 is 1.48 bits per heavy atom. The number of Topliss-reactive ketones (excluding diaryl/α,β-unsaturated/α-hetero) is 1. The van der Waals surface area contributed by atoms with Gasteiger partial charge in [0.25, 0.3) is 0 Å². The molecule has 0 saturated carbocycles. The van der Waals surface area contributed by atoms with Crippen LogP contribution < -0.4 is 0 Å². The maximum absolute atomic E-state index is 12.6. The van der Waals surface area contributed by atoms with Crippen molar-refractivity contribution in [2.45, 2.75) is 44.6 Å². The summed E-state index contributed by atoms with van der Waals surface area (Å²) in [6.07, 6.45) is 4.56. The van der Waals surface area contributed by atoms with Gasteiger partial charge in [-0.1, -0.05) is 72.8 Å². The third-order valence-corrected chi connectivity index (χ3v) is 6.04. The molecular weight excluding hydrogens is 356 g/mol. The molecule has 0 aromatic heterocycles. The zero-order chi connectivity index (χ0) is 20.1. The first-order valence-corrected chi connectivity index (χ1v) is 10.6. The third-order valence-electron chi connectivity index (χ3n) is 6.04. The summed E-state index contributed by atoms with van der Waals surface area (Å²) in [5.74, 6) is 0.732. The van der Waals surface area contributed by atoms with Gasteiger partial charge in [0.1, 0.15) is 0 Å². The van der Waals surface area contributed by atoms with E-state index < -0.39 is 6.10 Å². The Balaban J connectivity index is 1.25. The largest absolute Gasteiger partial charge is 0.393 e. The number of benzene rings is 3. The quantitative estimate of drug-likeness (QED) is 0.493. The molecule has 0 radical (unpaired) electrons. The molecule has 0 saturated heterocycles. The maximum Gasteiger partial charge on any atom is 0.162 e. The van der Waals surface area contributed by atoms with E-state index in [9.17, 15) is 9.90 Å². The van der Waals surface area contributed by atoms with Crippen LogP contribution in [0.3, 0.4) is 0 Å². The van der Waals surface area contributed by atoms with E-state index in [0.29, 0.717) is 18.8 Å². The highest BCUT2D eigenvalue weighted by Gasteiger charge is 2.21. The van der Waals surface area contributed by atoms with Crippen LogP contribution in [0.15, 0.2) is 78.9 Å². The Morgan fingerprint density at radius 1 is 0.828 bits per heavy atom. The molecule has 2 nitrogen and oxygen atoms in total. The number of aliphatic hydroxyl groups excluding tert-OH is 1. The highest BCUT2D eigenvalue weighted by atomic mass is 16.3. The molecule has 148 valence electrons. The van der Waals surface area contributed by atoms with Gasteiger partial charge in [-0.15, -0.1) is 0 Å². The molecule has 3 aromatic carbocycles. The van der Waals surface area contributed by atoms with Crippen molar-refractivity contribution in [2.75, 3.05) is 0 Å². The van der Waals surface area contributed by atoms with Gasteiger partial charge in [0.15, 0.2) is 5.78 Å². The standard InChI is InChI=1S/C27H28O2/c28-26(14-13-20-17-22-9-4-5-10-23(22)18-20)15-16-27(29)25-12-6-11-24(19-25)21-7-2-1-3-8-21/h1-12,19-20,26,28H,13-18H2. The van der Waals surface area contributed by atoms with Crippen LogP contribution in [-0.4, -0.2) is 17.0 Å². The van der Waals surface area contributed by atoms with Crippen LogP contribution in [0, 0.1) is 5.92 Å². The monoisotopic (exact) mass is 384 g/mol. The topological polar surface area (TPSA) is 37.3 Å². The number of ketones is 1. The summed E-state index contributed by atoms with van der Waals surface area (Å²) < 4.78 is 0. The first-order chi connectivity index (χ1) is 14.2. The van der Waals surface area contributed by atoms with Crippen molar-refractivity contribution >= 4 is 5.78 Å². The molecule has 0 bridgehead atoms. The van der Waals surface area contributed by atoms with E-state index in [4.69, 9.17) is 0 Å². The molecule has 0 spiro atoms. The number of fused-ring (bicyclic) bond motifs is 1. The molecule has 3 aromatic rings. The van der Waals surface area contributed by atoms with Crippen molar-refractivity contribution in [3.63, 3.8) is 0 Å². The summed E-state index contributed by atoms with van der Waals surface area (Å²) in [5.41, 5.74) is 5.81. The molecule has 1 N–H and O–H groups in total. The molecule has 1 aliphatic rings. The molecule has 4 rings (SSSR count). The molecule has 2 heteroatoms. The molecule has 0 aliphatic heterocycles. The second kappa shape index (κ2) is 9.19. The summed E-state index contributed by atoms with van der Waals surface area (Å²) in [5, 5.41) is 10.4. The number of hydrogen-bond donors (Lipinski definition) is 1. The van der Waals surface area contributed by atoms with Crippen LogP contribution in [0.25, 0.3) is 11.1 Å². The van der Waals surface area contributed by atoms with E-state index in [0.717, 1.165) is 42.4 Å². The van der Waals surface area contributed by atoms with Crippen molar-refractivity contribution in [3.05, 3.63) is 95.6 Å². The number of rotatable bonds is 8. The number of carbonyl (C=O) groups is 1. The van der Waals surface area contributed by atoms with Gasteiger partial charge in [-0.05, 0) is 66.3 Å². The molecule has 1 aliphatic carbocycles. The smallest absolute Gasteiger partial charge is 0.162 e. The average Bonchev–Trinajstić information content (AvgIpc) is 3.20. The predicted octanol–water partition coefficient (Wildman–Crippen LogP) is 5.87. The minimum atomic E-state index is -0.403. The summed E-state index contributed by atoms with van der Waals surface area (Å²) in [7, 11) is 0. The van der Waals surface area contributed by atoms with E-state index in [2.05, 4.69) is 36.4 Å². The summed E-state index contributed by atoms with van der Waals surface area (Å²) in [6, 6.07) is 26.5. The predicted molar refractivity (Wildman–Crippen MR) is 118 cm³/mol. The zero-order valence-electron chi connectivity index (χ0n) is 16.8. The Labute approximate surface area is 173 Å². The number of carbonyl (C=O) groups excluding carboxylic acids is 1. The van der Waals surface area contributed by atoms with Crippen molar-refractivity contribution in [3.8, 4) is 11.1 Å². The van der Waals surface area contributed by atoms with Crippen LogP contribution in [0.5, 0.6) is 0 Å². The number of hydrogen-bond acceptors (Lipinski definition) is 2. The lowest BCUT2D eigenvalue weighted by Crippen LogP contribution is -2.12. The van der Waals surface area contributed by atoms with Gasteiger partial charge in [-0.2, -0.15) is 0 Å². The normalized spacial score (nSPS) is 14.5. The Kier molecular flexibility index (Phi) is 6.21. The molecule has 29 heavy (non-hydrogen) atoms. The van der Waals surface area contributed by atoms with Crippen molar-refractivity contribution in [2.24, 2.45) is 5.92 Å². The van der Waals surface area contributed by atoms with E-state index >= 15 is 0 Å². The van der Waals surface area contributed by atoms with E-state index in [1.54, 1.807) is 0 Å². The lowest BCUT2D eigenvalue weighted by Gasteiger charge is -2.14. The highest BCUT2D eigenvalue weighted by molar-refractivity contribution is 5.97. The van der Waals surface area contributed by atoms with Gasteiger partial charge < -0.3 is 5.11 Å². The van der Waals surface area contributed by atoms with Crippen molar-refractivity contribution < 1.29 is 9.90 Å². The molecule has 0 fully saturated rings. The molecular formula is C27H28O2. The van der Waals surface area contributed by atoms with Gasteiger partial charge in [-0.25, -0.2) is 0 Å². The summed E-state index contributed by atoms with van der Waals surface area (Å²) in [6.45, 7) is 0. The third kappa shape index (κ3) is 5.02. The molecule has 0 heterocycles. The van der Waals surface area contributed by atoms with Crippen LogP contribution in [0.4, 0.5) is 0 Å². The number of aliphatic hydroxyl groups is 1. The lowest BCUT2D eigenvalue weighted by molar-refractivity contribution is 0.0927. The van der Waals surface area contributed by atoms with Gasteiger partial charge in [0, 0.05) is 12.0 Å². The Bertz CT molecular complexity index is 936. The molecule has 1 unspecified atom stereocenters. The highest BCUT2D eigenvalue weighted by Crippen LogP contribution is 2.30. The minimum absolute atomic E-state index is 0.107. The van der Waals surface area contributed by atoms with Crippen LogP contribution >= 0.6 is 0 Å². The Morgan fingerprint density at radius 3 is 2.21 bits per heavy atom. The van der Waals surface area contributed by atoms with E-state index in [1.807, 2.05) is 42.5 Å². The van der Waals surface area contributed by atoms with Crippen LogP contribution in [-0.2, 0) is 12.8 Å². The lowest BCUT2D eigenvalue weighted by atomic mass is 9.95.